The Morgan fingerprint density at radius 2 is 2.26 bits per heavy atom. The van der Waals surface area contributed by atoms with E-state index in [1.54, 1.807) is 7.11 Å². The topological polar surface area (TPSA) is 71.9 Å². The second-order valence-electron chi connectivity index (χ2n) is 4.43. The Morgan fingerprint density at radius 1 is 1.47 bits per heavy atom. The van der Waals surface area contributed by atoms with Crippen molar-refractivity contribution >= 4 is 0 Å². The molecule has 0 aliphatic heterocycles. The lowest BCUT2D eigenvalue weighted by atomic mass is 10.1. The molecule has 1 heterocycles. The Hall–Kier alpha value is -2.35. The quantitative estimate of drug-likeness (QED) is 0.842. The highest BCUT2D eigenvalue weighted by atomic mass is 16.5. The molecule has 19 heavy (non-hydrogen) atoms. The van der Waals surface area contributed by atoms with Gasteiger partial charge in [0.25, 0.3) is 0 Å². The lowest BCUT2D eigenvalue weighted by Crippen LogP contribution is -1.96. The Bertz CT molecular complexity index is 613. The van der Waals surface area contributed by atoms with Gasteiger partial charge in [-0.3, -0.25) is 0 Å². The summed E-state index contributed by atoms with van der Waals surface area (Å²) in [5.41, 5.74) is 1.88. The monoisotopic (exact) mass is 257 g/mol. The van der Waals surface area contributed by atoms with Crippen molar-refractivity contribution in [1.82, 2.24) is 10.1 Å². The largest absolute Gasteiger partial charge is 0.496 e. The van der Waals surface area contributed by atoms with Gasteiger partial charge >= 0.3 is 0 Å². The Labute approximate surface area is 111 Å². The molecule has 1 aromatic heterocycles. The van der Waals surface area contributed by atoms with E-state index in [1.165, 1.54) is 0 Å². The van der Waals surface area contributed by atoms with Gasteiger partial charge in [0.1, 0.15) is 5.75 Å². The van der Waals surface area contributed by atoms with Gasteiger partial charge in [0.05, 0.1) is 19.1 Å². The number of methoxy groups -OCH3 is 1. The highest BCUT2D eigenvalue weighted by Gasteiger charge is 2.12. The molecule has 5 nitrogen and oxygen atoms in total. The van der Waals surface area contributed by atoms with Crippen LogP contribution in [-0.2, 0) is 6.42 Å². The first-order valence-electron chi connectivity index (χ1n) is 6.01. The van der Waals surface area contributed by atoms with Gasteiger partial charge in [0, 0.05) is 12.0 Å². The number of aromatic nitrogens is 2. The molecule has 0 N–H and O–H groups in total. The molecule has 1 atom stereocenters. The second-order valence-corrected chi connectivity index (χ2v) is 4.43. The van der Waals surface area contributed by atoms with Crippen LogP contribution in [0.15, 0.2) is 22.7 Å². The zero-order valence-electron chi connectivity index (χ0n) is 11.2. The Kier molecular flexibility index (Phi) is 3.81. The van der Waals surface area contributed by atoms with Gasteiger partial charge < -0.3 is 9.26 Å². The van der Waals surface area contributed by atoms with E-state index in [0.717, 1.165) is 16.9 Å². The lowest BCUT2D eigenvalue weighted by Gasteiger charge is -2.04. The second kappa shape index (κ2) is 5.53. The van der Waals surface area contributed by atoms with E-state index >= 15 is 0 Å². The van der Waals surface area contributed by atoms with Crippen LogP contribution in [0.5, 0.6) is 5.75 Å². The number of hydrogen-bond donors (Lipinski definition) is 0. The molecule has 98 valence electrons. The average molecular weight is 257 g/mol. The van der Waals surface area contributed by atoms with Crippen molar-refractivity contribution in [3.05, 3.63) is 29.7 Å². The number of benzene rings is 1. The fourth-order valence-electron chi connectivity index (χ4n) is 1.78. The molecule has 1 unspecified atom stereocenters. The van der Waals surface area contributed by atoms with Crippen LogP contribution >= 0.6 is 0 Å². The normalized spacial score (nSPS) is 11.9. The fraction of sp³-hybridized carbons (Fsp3) is 0.357. The minimum absolute atomic E-state index is 0.133. The zero-order chi connectivity index (χ0) is 13.8. The summed E-state index contributed by atoms with van der Waals surface area (Å²) < 4.78 is 10.4. The summed E-state index contributed by atoms with van der Waals surface area (Å²) >= 11 is 0. The molecule has 0 radical (unpaired) electrons. The fourth-order valence-corrected chi connectivity index (χ4v) is 1.78. The Balaban J connectivity index is 2.23. The molecule has 0 saturated carbocycles. The molecule has 1 aromatic carbocycles. The third-order valence-electron chi connectivity index (χ3n) is 2.82. The summed E-state index contributed by atoms with van der Waals surface area (Å²) in [5, 5.41) is 12.7. The summed E-state index contributed by atoms with van der Waals surface area (Å²) in [6.45, 7) is 3.78. The first-order chi connectivity index (χ1) is 9.13. The van der Waals surface area contributed by atoms with Crippen molar-refractivity contribution in [1.29, 1.82) is 5.26 Å². The standard InChI is InChI=1S/C14H15N3O2/c1-9(8-15)6-13-16-14(17-19-13)11-4-5-12(18-3)10(2)7-11/h4-5,7,9H,6H2,1-3H3. The van der Waals surface area contributed by atoms with E-state index in [4.69, 9.17) is 14.5 Å². The molecule has 0 bridgehead atoms. The molecule has 0 fully saturated rings. The van der Waals surface area contributed by atoms with E-state index in [-0.39, 0.29) is 5.92 Å². The predicted octanol–water partition coefficient (Wildman–Crippen LogP) is 2.76. The molecular formula is C14H15N3O2. The maximum absolute atomic E-state index is 8.76. The van der Waals surface area contributed by atoms with Crippen LogP contribution < -0.4 is 4.74 Å². The van der Waals surface area contributed by atoms with Crippen LogP contribution in [0.2, 0.25) is 0 Å². The average Bonchev–Trinajstić information content (AvgIpc) is 2.87. The van der Waals surface area contributed by atoms with Gasteiger partial charge in [-0.15, -0.1) is 0 Å². The van der Waals surface area contributed by atoms with E-state index in [0.29, 0.717) is 18.1 Å². The SMILES string of the molecule is COc1ccc(-c2noc(CC(C)C#N)n2)cc1C. The maximum Gasteiger partial charge on any atom is 0.228 e. The lowest BCUT2D eigenvalue weighted by molar-refractivity contribution is 0.369. The highest BCUT2D eigenvalue weighted by Crippen LogP contribution is 2.24. The smallest absolute Gasteiger partial charge is 0.228 e. The molecule has 0 aliphatic carbocycles. The van der Waals surface area contributed by atoms with Crippen LogP contribution in [0, 0.1) is 24.2 Å². The third-order valence-corrected chi connectivity index (χ3v) is 2.82. The molecule has 0 spiro atoms. The van der Waals surface area contributed by atoms with E-state index in [9.17, 15) is 0 Å². The van der Waals surface area contributed by atoms with Gasteiger partial charge in [-0.25, -0.2) is 0 Å². The van der Waals surface area contributed by atoms with Crippen molar-refractivity contribution in [3.63, 3.8) is 0 Å². The molecular weight excluding hydrogens is 242 g/mol. The van der Waals surface area contributed by atoms with Crippen molar-refractivity contribution in [3.8, 4) is 23.2 Å². The van der Waals surface area contributed by atoms with Crippen LogP contribution in [-0.4, -0.2) is 17.3 Å². The summed E-state index contributed by atoms with van der Waals surface area (Å²) in [5.74, 6) is 1.71. The molecule has 5 heteroatoms. The molecule has 2 aromatic rings. The van der Waals surface area contributed by atoms with E-state index < -0.39 is 0 Å². The number of aryl methyl sites for hydroxylation is 1. The van der Waals surface area contributed by atoms with E-state index in [2.05, 4.69) is 16.2 Å². The summed E-state index contributed by atoms with van der Waals surface area (Å²) in [4.78, 5) is 4.30. The minimum atomic E-state index is -0.133. The predicted molar refractivity (Wildman–Crippen MR) is 69.5 cm³/mol. The minimum Gasteiger partial charge on any atom is -0.496 e. The van der Waals surface area contributed by atoms with Crippen molar-refractivity contribution in [2.45, 2.75) is 20.3 Å². The molecule has 0 aliphatic rings. The number of nitriles is 1. The number of nitrogens with zero attached hydrogens (tertiary/aromatic N) is 3. The number of hydrogen-bond acceptors (Lipinski definition) is 5. The first-order valence-corrected chi connectivity index (χ1v) is 6.01. The van der Waals surface area contributed by atoms with Crippen LogP contribution in [0.4, 0.5) is 0 Å². The van der Waals surface area contributed by atoms with E-state index in [1.807, 2.05) is 32.0 Å². The van der Waals surface area contributed by atoms with Crippen LogP contribution in [0.3, 0.4) is 0 Å². The van der Waals surface area contributed by atoms with Gasteiger partial charge in [0.15, 0.2) is 0 Å². The van der Waals surface area contributed by atoms with Crippen molar-refractivity contribution in [2.75, 3.05) is 7.11 Å². The van der Waals surface area contributed by atoms with Crippen molar-refractivity contribution in [2.24, 2.45) is 5.92 Å². The van der Waals surface area contributed by atoms with Gasteiger partial charge in [-0.05, 0) is 37.6 Å². The molecule has 2 rings (SSSR count). The van der Waals surface area contributed by atoms with Gasteiger partial charge in [-0.2, -0.15) is 10.2 Å². The van der Waals surface area contributed by atoms with Gasteiger partial charge in [-0.1, -0.05) is 5.16 Å². The zero-order valence-corrected chi connectivity index (χ0v) is 11.2. The maximum atomic E-state index is 8.76. The summed E-state index contributed by atoms with van der Waals surface area (Å²) in [6, 6.07) is 7.84. The number of rotatable bonds is 4. The van der Waals surface area contributed by atoms with Crippen molar-refractivity contribution < 1.29 is 9.26 Å². The van der Waals surface area contributed by atoms with Crippen LogP contribution in [0.1, 0.15) is 18.4 Å². The molecule has 0 saturated heterocycles. The summed E-state index contributed by atoms with van der Waals surface area (Å²) in [6.07, 6.45) is 0.471. The molecule has 0 amide bonds. The Morgan fingerprint density at radius 3 is 2.89 bits per heavy atom. The highest BCUT2D eigenvalue weighted by molar-refractivity contribution is 5.58. The first kappa shape index (κ1) is 13.1. The number of ether oxygens (including phenoxy) is 1. The van der Waals surface area contributed by atoms with Gasteiger partial charge in [0.2, 0.25) is 11.7 Å². The third kappa shape index (κ3) is 2.91. The summed E-state index contributed by atoms with van der Waals surface area (Å²) in [7, 11) is 1.64. The van der Waals surface area contributed by atoms with Crippen LogP contribution in [0.25, 0.3) is 11.4 Å².